The van der Waals surface area contributed by atoms with Gasteiger partial charge in [-0.15, -0.1) is 0 Å². The van der Waals surface area contributed by atoms with Crippen molar-refractivity contribution in [1.82, 2.24) is 9.80 Å². The van der Waals surface area contributed by atoms with E-state index >= 15 is 0 Å². The molecule has 0 N–H and O–H groups in total. The van der Waals surface area contributed by atoms with Crippen LogP contribution in [0.5, 0.6) is 0 Å². The predicted molar refractivity (Wildman–Crippen MR) is 105 cm³/mol. The number of carbonyl (C=O) groups excluding carboxylic acids is 1. The summed E-state index contributed by atoms with van der Waals surface area (Å²) in [7, 11) is 0. The molecule has 1 saturated heterocycles. The maximum absolute atomic E-state index is 13.4. The smallest absolute Gasteiger partial charge is 0.319 e. The van der Waals surface area contributed by atoms with Crippen molar-refractivity contribution in [3.8, 4) is 0 Å². The molecule has 0 radical (unpaired) electrons. The van der Waals surface area contributed by atoms with Crippen LogP contribution < -0.4 is 0 Å². The maximum atomic E-state index is 13.4. The van der Waals surface area contributed by atoms with Gasteiger partial charge in [-0.05, 0) is 91.9 Å². The SMILES string of the molecule is O=C1N2CCc3ccc(Br)cc3C2CN1C1CCC2CC3CC(C2)C1C3. The highest BCUT2D eigenvalue weighted by atomic mass is 79.9. The molecule has 4 heteroatoms. The molecule has 2 heterocycles. The lowest BCUT2D eigenvalue weighted by molar-refractivity contribution is 0.141. The fourth-order valence-corrected chi connectivity index (χ4v) is 7.63. The molecule has 3 bridgehead atoms. The Labute approximate surface area is 164 Å². The molecule has 0 aromatic heterocycles. The first kappa shape index (κ1) is 16.0. The van der Waals surface area contributed by atoms with Crippen LogP contribution in [0.15, 0.2) is 22.7 Å². The Morgan fingerprint density at radius 2 is 1.88 bits per heavy atom. The fourth-order valence-electron chi connectivity index (χ4n) is 7.25. The van der Waals surface area contributed by atoms with E-state index in [2.05, 4.69) is 43.9 Å². The van der Waals surface area contributed by atoms with E-state index in [9.17, 15) is 4.79 Å². The number of halogens is 1. The third-order valence-electron chi connectivity index (χ3n) is 8.24. The largest absolute Gasteiger partial charge is 0.320 e. The van der Waals surface area contributed by atoms with Gasteiger partial charge in [0, 0.05) is 23.6 Å². The van der Waals surface area contributed by atoms with Crippen LogP contribution in [0.2, 0.25) is 0 Å². The minimum absolute atomic E-state index is 0.265. The van der Waals surface area contributed by atoms with Crippen LogP contribution in [0.4, 0.5) is 4.79 Å². The first-order valence-corrected chi connectivity index (χ1v) is 11.3. The van der Waals surface area contributed by atoms with Crippen molar-refractivity contribution in [2.24, 2.45) is 23.7 Å². The van der Waals surface area contributed by atoms with Crippen LogP contribution in [0.25, 0.3) is 0 Å². The Bertz CT molecular complexity index is 765. The second-order valence-corrected chi connectivity index (χ2v) is 10.4. The van der Waals surface area contributed by atoms with E-state index in [1.807, 2.05) is 0 Å². The molecule has 3 nitrogen and oxygen atoms in total. The van der Waals surface area contributed by atoms with Crippen molar-refractivity contribution in [2.45, 2.75) is 57.0 Å². The van der Waals surface area contributed by atoms with Gasteiger partial charge in [0.05, 0.1) is 6.04 Å². The normalized spacial score (nSPS) is 40.6. The van der Waals surface area contributed by atoms with Gasteiger partial charge < -0.3 is 9.80 Å². The molecule has 3 saturated carbocycles. The summed E-state index contributed by atoms with van der Waals surface area (Å²) in [5, 5.41) is 0. The summed E-state index contributed by atoms with van der Waals surface area (Å²) in [5.74, 6) is 3.59. The van der Waals surface area contributed by atoms with Crippen LogP contribution in [0.3, 0.4) is 0 Å². The van der Waals surface area contributed by atoms with Gasteiger partial charge in [-0.25, -0.2) is 4.79 Å². The number of urea groups is 1. The molecular formula is C22H27BrN2O. The zero-order chi connectivity index (χ0) is 17.4. The number of benzene rings is 1. The predicted octanol–water partition coefficient (Wildman–Crippen LogP) is 5.00. The quantitative estimate of drug-likeness (QED) is 0.633. The third kappa shape index (κ3) is 2.26. The average Bonchev–Trinajstić information content (AvgIpc) is 3.08. The zero-order valence-electron chi connectivity index (χ0n) is 15.2. The Kier molecular flexibility index (Phi) is 3.52. The van der Waals surface area contributed by atoms with Gasteiger partial charge >= 0.3 is 6.03 Å². The van der Waals surface area contributed by atoms with Gasteiger partial charge in [-0.2, -0.15) is 0 Å². The number of hydrogen-bond donors (Lipinski definition) is 0. The summed E-state index contributed by atoms with van der Waals surface area (Å²) in [6.45, 7) is 1.80. The van der Waals surface area contributed by atoms with E-state index in [1.54, 1.807) is 0 Å². The summed E-state index contributed by atoms with van der Waals surface area (Å²) in [6, 6.07) is 7.74. The number of nitrogens with zero attached hydrogens (tertiary/aromatic N) is 2. The van der Waals surface area contributed by atoms with Crippen LogP contribution in [-0.4, -0.2) is 35.0 Å². The Morgan fingerprint density at radius 1 is 1.00 bits per heavy atom. The summed E-state index contributed by atoms with van der Waals surface area (Å²) in [6.07, 6.45) is 9.36. The Hall–Kier alpha value is -1.03. The van der Waals surface area contributed by atoms with E-state index in [-0.39, 0.29) is 6.04 Å². The first-order valence-electron chi connectivity index (χ1n) is 10.5. The molecule has 26 heavy (non-hydrogen) atoms. The standard InChI is InChI=1S/C22H27BrN2O/c23-17-3-2-15-5-6-24-21(19(15)11-17)12-25(22(24)26)20-4-1-13-7-14-9-16(8-13)18(20)10-14/h2-3,11,13-14,16,18,20-21H,1,4-10,12H2. The molecule has 6 unspecified atom stereocenters. The second kappa shape index (κ2) is 5.73. The number of hydrogen-bond acceptors (Lipinski definition) is 1. The van der Waals surface area contributed by atoms with E-state index in [0.717, 1.165) is 47.7 Å². The molecule has 6 atom stereocenters. The molecule has 5 aliphatic rings. The lowest BCUT2D eigenvalue weighted by Crippen LogP contribution is -2.44. The molecule has 0 spiro atoms. The highest BCUT2D eigenvalue weighted by Crippen LogP contribution is 2.55. The summed E-state index contributed by atoms with van der Waals surface area (Å²) >= 11 is 3.64. The molecule has 2 aliphatic heterocycles. The highest BCUT2D eigenvalue weighted by molar-refractivity contribution is 9.10. The van der Waals surface area contributed by atoms with Crippen molar-refractivity contribution in [3.63, 3.8) is 0 Å². The number of fused-ring (bicyclic) bond motifs is 5. The number of carbonyl (C=O) groups is 1. The zero-order valence-corrected chi connectivity index (χ0v) is 16.8. The average molecular weight is 415 g/mol. The van der Waals surface area contributed by atoms with E-state index in [1.165, 1.54) is 49.7 Å². The van der Waals surface area contributed by atoms with E-state index in [0.29, 0.717) is 12.1 Å². The van der Waals surface area contributed by atoms with Gasteiger partial charge in [0.15, 0.2) is 0 Å². The van der Waals surface area contributed by atoms with Crippen LogP contribution in [0.1, 0.15) is 55.7 Å². The van der Waals surface area contributed by atoms with Crippen molar-refractivity contribution < 1.29 is 4.79 Å². The molecule has 1 aromatic carbocycles. The maximum Gasteiger partial charge on any atom is 0.320 e. The fraction of sp³-hybridized carbons (Fsp3) is 0.682. The lowest BCUT2D eigenvalue weighted by atomic mass is 9.80. The third-order valence-corrected chi connectivity index (χ3v) is 8.73. The molecule has 138 valence electrons. The molecule has 3 aliphatic carbocycles. The minimum Gasteiger partial charge on any atom is -0.319 e. The van der Waals surface area contributed by atoms with Gasteiger partial charge in [0.25, 0.3) is 0 Å². The number of rotatable bonds is 1. The second-order valence-electron chi connectivity index (χ2n) is 9.48. The van der Waals surface area contributed by atoms with E-state index < -0.39 is 0 Å². The van der Waals surface area contributed by atoms with Gasteiger partial charge in [0.1, 0.15) is 0 Å². The first-order chi connectivity index (χ1) is 12.7. The van der Waals surface area contributed by atoms with E-state index in [4.69, 9.17) is 0 Å². The summed E-state index contributed by atoms with van der Waals surface area (Å²) in [4.78, 5) is 17.9. The molecule has 1 aromatic rings. The van der Waals surface area contributed by atoms with Crippen molar-refractivity contribution in [2.75, 3.05) is 13.1 Å². The van der Waals surface area contributed by atoms with Crippen LogP contribution >= 0.6 is 15.9 Å². The van der Waals surface area contributed by atoms with Gasteiger partial charge in [0.2, 0.25) is 0 Å². The Balaban J connectivity index is 1.33. The molecule has 4 fully saturated rings. The molecule has 6 rings (SSSR count). The van der Waals surface area contributed by atoms with Gasteiger partial charge in [-0.3, -0.25) is 0 Å². The topological polar surface area (TPSA) is 23.6 Å². The summed E-state index contributed by atoms with van der Waals surface area (Å²) < 4.78 is 1.13. The Morgan fingerprint density at radius 3 is 2.81 bits per heavy atom. The highest BCUT2D eigenvalue weighted by Gasteiger charge is 2.51. The van der Waals surface area contributed by atoms with Crippen LogP contribution in [0, 0.1) is 23.7 Å². The van der Waals surface area contributed by atoms with Crippen LogP contribution in [-0.2, 0) is 6.42 Å². The summed E-state index contributed by atoms with van der Waals surface area (Å²) in [5.41, 5.74) is 2.81. The van der Waals surface area contributed by atoms with Crippen molar-refractivity contribution >= 4 is 22.0 Å². The molecular weight excluding hydrogens is 388 g/mol. The van der Waals surface area contributed by atoms with Gasteiger partial charge in [-0.1, -0.05) is 22.0 Å². The van der Waals surface area contributed by atoms with Crippen molar-refractivity contribution in [1.29, 1.82) is 0 Å². The molecule has 2 amide bonds. The van der Waals surface area contributed by atoms with Crippen molar-refractivity contribution in [3.05, 3.63) is 33.8 Å². The number of amides is 2. The monoisotopic (exact) mass is 414 g/mol. The minimum atomic E-state index is 0.265. The lowest BCUT2D eigenvalue weighted by Gasteiger charge is -2.34.